The molecule has 84 valence electrons. The number of nitrogens with zero attached hydrogens (tertiary/aromatic N) is 1. The number of rotatable bonds is 2. The van der Waals surface area contributed by atoms with Crippen molar-refractivity contribution in [2.45, 2.75) is 20.8 Å². The first-order chi connectivity index (χ1) is 7.61. The second-order valence-electron chi connectivity index (χ2n) is 3.93. The molecule has 0 aliphatic rings. The average molecular weight is 233 g/mol. The molecule has 0 amide bonds. The van der Waals surface area contributed by atoms with Gasteiger partial charge in [-0.3, -0.25) is 5.43 Å². The lowest BCUT2D eigenvalue weighted by Crippen LogP contribution is -2.05. The summed E-state index contributed by atoms with van der Waals surface area (Å²) >= 11 is 1.52. The third-order valence-electron chi connectivity index (χ3n) is 2.74. The first-order valence-corrected chi connectivity index (χ1v) is 6.00. The van der Waals surface area contributed by atoms with E-state index in [0.29, 0.717) is 0 Å². The van der Waals surface area contributed by atoms with Gasteiger partial charge in [-0.05, 0) is 43.5 Å². The van der Waals surface area contributed by atoms with Crippen LogP contribution in [0, 0.1) is 20.8 Å². The van der Waals surface area contributed by atoms with Crippen LogP contribution >= 0.6 is 11.3 Å². The summed E-state index contributed by atoms with van der Waals surface area (Å²) in [6, 6.07) is 4.37. The number of nitrogens with two attached hydrogens (primary N) is 1. The molecule has 0 aliphatic heterocycles. The van der Waals surface area contributed by atoms with Gasteiger partial charge in [0.1, 0.15) is 0 Å². The maximum atomic E-state index is 5.33. The zero-order valence-electron chi connectivity index (χ0n) is 9.66. The van der Waals surface area contributed by atoms with Crippen LogP contribution in [-0.4, -0.2) is 4.98 Å². The van der Waals surface area contributed by atoms with Gasteiger partial charge in [0.2, 0.25) is 0 Å². The van der Waals surface area contributed by atoms with Crippen LogP contribution in [0.4, 0.5) is 5.13 Å². The van der Waals surface area contributed by atoms with E-state index < -0.39 is 0 Å². The molecule has 0 bridgehead atoms. The minimum atomic E-state index is 0.743. The molecule has 2 aromatic rings. The summed E-state index contributed by atoms with van der Waals surface area (Å²) in [5, 5.41) is 2.76. The largest absolute Gasteiger partial charge is 0.300 e. The van der Waals surface area contributed by atoms with E-state index >= 15 is 0 Å². The zero-order chi connectivity index (χ0) is 11.7. The van der Waals surface area contributed by atoms with Crippen LogP contribution in [0.25, 0.3) is 11.3 Å². The molecule has 3 N–H and O–H groups in total. The van der Waals surface area contributed by atoms with Crippen molar-refractivity contribution in [3.8, 4) is 11.3 Å². The van der Waals surface area contributed by atoms with Crippen LogP contribution in [0.3, 0.4) is 0 Å². The highest BCUT2D eigenvalue weighted by molar-refractivity contribution is 7.14. The van der Waals surface area contributed by atoms with Gasteiger partial charge < -0.3 is 0 Å². The van der Waals surface area contributed by atoms with E-state index in [0.717, 1.165) is 10.8 Å². The third-order valence-corrected chi connectivity index (χ3v) is 3.52. The fourth-order valence-electron chi connectivity index (χ4n) is 1.70. The van der Waals surface area contributed by atoms with Crippen molar-refractivity contribution < 1.29 is 0 Å². The fourth-order valence-corrected chi connectivity index (χ4v) is 2.32. The van der Waals surface area contributed by atoms with E-state index in [2.05, 4.69) is 43.3 Å². The Hall–Kier alpha value is -1.39. The molecule has 0 radical (unpaired) electrons. The Balaban J connectivity index is 2.51. The standard InChI is InChI=1S/C12H15N3S/c1-7-4-9(3)10(5-8(7)2)11-6-16-12(14-11)15-13/h4-6H,13H2,1-3H3,(H,14,15). The summed E-state index contributed by atoms with van der Waals surface area (Å²) in [6.07, 6.45) is 0. The molecule has 0 saturated heterocycles. The van der Waals surface area contributed by atoms with Gasteiger partial charge in [-0.2, -0.15) is 0 Å². The molecule has 4 heteroatoms. The van der Waals surface area contributed by atoms with Crippen molar-refractivity contribution in [1.82, 2.24) is 4.98 Å². The van der Waals surface area contributed by atoms with Crippen molar-refractivity contribution in [1.29, 1.82) is 0 Å². The van der Waals surface area contributed by atoms with Gasteiger partial charge in [-0.25, -0.2) is 10.8 Å². The molecule has 0 unspecified atom stereocenters. The molecule has 0 aliphatic carbocycles. The van der Waals surface area contributed by atoms with Crippen LogP contribution in [0.15, 0.2) is 17.5 Å². The molecular formula is C12H15N3S. The molecule has 0 spiro atoms. The summed E-state index contributed by atoms with van der Waals surface area (Å²) in [5.74, 6) is 5.33. The SMILES string of the molecule is Cc1cc(C)c(-c2csc(NN)n2)cc1C. The number of anilines is 1. The number of hydrazine groups is 1. The van der Waals surface area contributed by atoms with Gasteiger partial charge in [0.05, 0.1) is 5.69 Å². The molecule has 3 nitrogen and oxygen atoms in total. The smallest absolute Gasteiger partial charge is 0.197 e. The van der Waals surface area contributed by atoms with Crippen LogP contribution < -0.4 is 11.3 Å². The summed E-state index contributed by atoms with van der Waals surface area (Å²) in [7, 11) is 0. The van der Waals surface area contributed by atoms with Crippen molar-refractivity contribution in [3.05, 3.63) is 34.2 Å². The van der Waals surface area contributed by atoms with Crippen LogP contribution in [0.5, 0.6) is 0 Å². The lowest BCUT2D eigenvalue weighted by molar-refractivity contribution is 1.26. The Morgan fingerprint density at radius 1 is 1.12 bits per heavy atom. The van der Waals surface area contributed by atoms with E-state index in [1.54, 1.807) is 0 Å². The Bertz CT molecular complexity index is 517. The Labute approximate surface area is 99.3 Å². The van der Waals surface area contributed by atoms with Gasteiger partial charge >= 0.3 is 0 Å². The first-order valence-electron chi connectivity index (χ1n) is 5.12. The topological polar surface area (TPSA) is 50.9 Å². The Morgan fingerprint density at radius 3 is 2.44 bits per heavy atom. The molecular weight excluding hydrogens is 218 g/mol. The number of thiazole rings is 1. The van der Waals surface area contributed by atoms with Crippen molar-refractivity contribution >= 4 is 16.5 Å². The summed E-state index contributed by atoms with van der Waals surface area (Å²) in [5.41, 5.74) is 8.58. The molecule has 1 aromatic heterocycles. The Kier molecular flexibility index (Phi) is 2.94. The van der Waals surface area contributed by atoms with Crippen molar-refractivity contribution in [2.24, 2.45) is 5.84 Å². The summed E-state index contributed by atoms with van der Waals surface area (Å²) in [4.78, 5) is 4.41. The van der Waals surface area contributed by atoms with Gasteiger partial charge in [0.15, 0.2) is 5.13 Å². The van der Waals surface area contributed by atoms with E-state index in [9.17, 15) is 0 Å². The van der Waals surface area contributed by atoms with E-state index in [-0.39, 0.29) is 0 Å². The van der Waals surface area contributed by atoms with Crippen molar-refractivity contribution in [3.63, 3.8) is 0 Å². The second kappa shape index (κ2) is 4.23. The number of nitrogens with one attached hydrogen (secondary N) is 1. The van der Waals surface area contributed by atoms with E-state index in [1.807, 2.05) is 5.38 Å². The van der Waals surface area contributed by atoms with E-state index in [1.165, 1.54) is 33.6 Å². The number of benzene rings is 1. The lowest BCUT2D eigenvalue weighted by atomic mass is 9.99. The summed E-state index contributed by atoms with van der Waals surface area (Å²) in [6.45, 7) is 6.35. The average Bonchev–Trinajstić information content (AvgIpc) is 2.71. The van der Waals surface area contributed by atoms with Gasteiger partial charge in [-0.1, -0.05) is 6.07 Å². The maximum Gasteiger partial charge on any atom is 0.197 e. The molecule has 1 heterocycles. The molecule has 0 atom stereocenters. The van der Waals surface area contributed by atoms with E-state index in [4.69, 9.17) is 5.84 Å². The molecule has 0 saturated carbocycles. The fraction of sp³-hybridized carbons (Fsp3) is 0.250. The normalized spacial score (nSPS) is 10.5. The van der Waals surface area contributed by atoms with Crippen LogP contribution in [-0.2, 0) is 0 Å². The number of nitrogen functional groups attached to an aromatic ring is 1. The van der Waals surface area contributed by atoms with Crippen molar-refractivity contribution in [2.75, 3.05) is 5.43 Å². The number of aryl methyl sites for hydroxylation is 3. The monoisotopic (exact) mass is 233 g/mol. The number of hydrogen-bond donors (Lipinski definition) is 2. The predicted octanol–water partition coefficient (Wildman–Crippen LogP) is 3.02. The maximum absolute atomic E-state index is 5.33. The molecule has 16 heavy (non-hydrogen) atoms. The highest BCUT2D eigenvalue weighted by Crippen LogP contribution is 2.28. The van der Waals surface area contributed by atoms with Gasteiger partial charge in [0.25, 0.3) is 0 Å². The molecule has 2 rings (SSSR count). The third kappa shape index (κ3) is 1.94. The van der Waals surface area contributed by atoms with Gasteiger partial charge in [-0.15, -0.1) is 11.3 Å². The predicted molar refractivity (Wildman–Crippen MR) is 69.6 cm³/mol. The minimum Gasteiger partial charge on any atom is -0.300 e. The number of aromatic nitrogens is 1. The van der Waals surface area contributed by atoms with Crippen LogP contribution in [0.1, 0.15) is 16.7 Å². The molecule has 1 aromatic carbocycles. The van der Waals surface area contributed by atoms with Gasteiger partial charge in [0, 0.05) is 10.9 Å². The highest BCUT2D eigenvalue weighted by atomic mass is 32.1. The lowest BCUT2D eigenvalue weighted by Gasteiger charge is -2.07. The number of hydrogen-bond acceptors (Lipinski definition) is 4. The zero-order valence-corrected chi connectivity index (χ0v) is 10.5. The first kappa shape index (κ1) is 11.1. The Morgan fingerprint density at radius 2 is 1.81 bits per heavy atom. The minimum absolute atomic E-state index is 0.743. The summed E-state index contributed by atoms with van der Waals surface area (Å²) < 4.78 is 0. The highest BCUT2D eigenvalue weighted by Gasteiger charge is 2.08. The van der Waals surface area contributed by atoms with Crippen LogP contribution in [0.2, 0.25) is 0 Å². The second-order valence-corrected chi connectivity index (χ2v) is 4.79. The molecule has 0 fully saturated rings. The quantitative estimate of drug-likeness (QED) is 0.619.